The van der Waals surface area contributed by atoms with Crippen molar-refractivity contribution in [2.75, 3.05) is 19.8 Å². The first-order valence-electron chi connectivity index (χ1n) is 9.52. The monoisotopic (exact) mass is 430 g/mol. The van der Waals surface area contributed by atoms with E-state index in [1.54, 1.807) is 4.57 Å². The number of hydrogen-bond acceptors (Lipinski definition) is 4. The number of benzene rings is 1. The van der Waals surface area contributed by atoms with Crippen molar-refractivity contribution in [3.63, 3.8) is 0 Å². The summed E-state index contributed by atoms with van der Waals surface area (Å²) >= 11 is 0. The molecule has 1 aromatic heterocycles. The summed E-state index contributed by atoms with van der Waals surface area (Å²) in [7, 11) is 1.81. The summed E-state index contributed by atoms with van der Waals surface area (Å²) in [5.74, 6) is 0.745. The van der Waals surface area contributed by atoms with Crippen LogP contribution < -0.4 is 10.6 Å². The van der Waals surface area contributed by atoms with Crippen molar-refractivity contribution in [1.29, 1.82) is 0 Å². The van der Waals surface area contributed by atoms with Crippen LogP contribution in [-0.4, -0.2) is 40.5 Å². The topological polar surface area (TPSA) is 76.4 Å². The lowest BCUT2D eigenvalue weighted by molar-refractivity contribution is -0.138. The van der Waals surface area contributed by atoms with Crippen molar-refractivity contribution in [2.24, 2.45) is 12.0 Å². The van der Waals surface area contributed by atoms with Crippen LogP contribution in [0.5, 0.6) is 0 Å². The second kappa shape index (κ2) is 10.9. The minimum atomic E-state index is -4.67. The average molecular weight is 430 g/mol. The third kappa shape index (κ3) is 6.97. The normalized spacial score (nSPS) is 12.3. The van der Waals surface area contributed by atoms with Crippen LogP contribution in [0.2, 0.25) is 0 Å². The summed E-state index contributed by atoms with van der Waals surface area (Å²) in [4.78, 5) is 4.24. The summed E-state index contributed by atoms with van der Waals surface area (Å²) in [6.45, 7) is 5.39. The lowest BCUT2D eigenvalue weighted by Gasteiger charge is -2.14. The fourth-order valence-electron chi connectivity index (χ4n) is 2.58. The minimum absolute atomic E-state index is 0.117. The van der Waals surface area contributed by atoms with E-state index in [1.807, 2.05) is 20.9 Å². The van der Waals surface area contributed by atoms with Crippen LogP contribution in [0, 0.1) is 12.7 Å². The Morgan fingerprint density at radius 1 is 1.23 bits per heavy atom. The zero-order valence-electron chi connectivity index (χ0n) is 17.2. The Morgan fingerprint density at radius 2 is 2.00 bits per heavy atom. The Kier molecular flexibility index (Phi) is 8.58. The molecule has 0 unspecified atom stereocenters. The minimum Gasteiger partial charge on any atom is -0.382 e. The maximum Gasteiger partial charge on any atom is 0.416 e. The van der Waals surface area contributed by atoms with Gasteiger partial charge in [0.25, 0.3) is 0 Å². The molecule has 0 amide bonds. The van der Waals surface area contributed by atoms with Crippen molar-refractivity contribution in [1.82, 2.24) is 25.4 Å². The molecule has 0 atom stereocenters. The van der Waals surface area contributed by atoms with E-state index in [1.165, 1.54) is 0 Å². The molecule has 11 heteroatoms. The van der Waals surface area contributed by atoms with Crippen LogP contribution in [0.25, 0.3) is 0 Å². The molecule has 0 saturated carbocycles. The van der Waals surface area contributed by atoms with Gasteiger partial charge in [0.1, 0.15) is 11.6 Å². The Bertz CT molecular complexity index is 850. The van der Waals surface area contributed by atoms with Gasteiger partial charge in [0.2, 0.25) is 0 Å². The molecule has 0 radical (unpaired) electrons. The molecule has 0 saturated heterocycles. The molecule has 0 aliphatic carbocycles. The molecule has 2 rings (SSSR count). The predicted octanol–water partition coefficient (Wildman–Crippen LogP) is 2.94. The molecule has 30 heavy (non-hydrogen) atoms. The van der Waals surface area contributed by atoms with Crippen LogP contribution in [0.15, 0.2) is 23.2 Å². The summed E-state index contributed by atoms with van der Waals surface area (Å²) < 4.78 is 60.0. The fourth-order valence-corrected chi connectivity index (χ4v) is 2.58. The third-order valence-electron chi connectivity index (χ3n) is 4.34. The van der Waals surface area contributed by atoms with E-state index in [0.717, 1.165) is 18.0 Å². The SMILES string of the molecule is CCOCCCNC(=NCc1ccc(F)cc1C(F)(F)F)NCc1nnc(C)n1C. The van der Waals surface area contributed by atoms with Crippen molar-refractivity contribution in [3.8, 4) is 0 Å². The molecule has 0 spiro atoms. The number of halogens is 4. The maximum absolute atomic E-state index is 13.3. The van der Waals surface area contributed by atoms with Gasteiger partial charge in [-0.25, -0.2) is 9.38 Å². The Morgan fingerprint density at radius 3 is 2.63 bits per heavy atom. The maximum atomic E-state index is 13.3. The lowest BCUT2D eigenvalue weighted by atomic mass is 10.1. The molecule has 0 bridgehead atoms. The van der Waals surface area contributed by atoms with E-state index in [2.05, 4.69) is 25.8 Å². The molecule has 1 heterocycles. The third-order valence-corrected chi connectivity index (χ3v) is 4.34. The number of hydrogen-bond donors (Lipinski definition) is 2. The summed E-state index contributed by atoms with van der Waals surface area (Å²) in [5.41, 5.74) is -1.15. The largest absolute Gasteiger partial charge is 0.416 e. The zero-order chi connectivity index (χ0) is 22.1. The lowest BCUT2D eigenvalue weighted by Crippen LogP contribution is -2.38. The van der Waals surface area contributed by atoms with Crippen LogP contribution in [0.3, 0.4) is 0 Å². The van der Waals surface area contributed by atoms with E-state index in [-0.39, 0.29) is 18.7 Å². The number of aromatic nitrogens is 3. The van der Waals surface area contributed by atoms with Gasteiger partial charge in [-0.1, -0.05) is 6.07 Å². The van der Waals surface area contributed by atoms with Gasteiger partial charge in [0.05, 0.1) is 18.7 Å². The van der Waals surface area contributed by atoms with E-state index < -0.39 is 17.6 Å². The van der Waals surface area contributed by atoms with Crippen molar-refractivity contribution >= 4 is 5.96 Å². The van der Waals surface area contributed by atoms with Crippen LogP contribution >= 0.6 is 0 Å². The Balaban J connectivity index is 2.12. The molecular formula is C19H26F4N6O. The molecule has 0 aliphatic rings. The second-order valence-corrected chi connectivity index (χ2v) is 6.52. The van der Waals surface area contributed by atoms with Gasteiger partial charge in [-0.3, -0.25) is 0 Å². The highest BCUT2D eigenvalue weighted by Crippen LogP contribution is 2.32. The smallest absolute Gasteiger partial charge is 0.382 e. The van der Waals surface area contributed by atoms with Crippen LogP contribution in [0.4, 0.5) is 17.6 Å². The van der Waals surface area contributed by atoms with Crippen molar-refractivity contribution < 1.29 is 22.3 Å². The van der Waals surface area contributed by atoms with E-state index in [0.29, 0.717) is 44.0 Å². The van der Waals surface area contributed by atoms with E-state index in [4.69, 9.17) is 4.74 Å². The molecule has 166 valence electrons. The number of aryl methyl sites for hydroxylation is 1. The molecule has 7 nitrogen and oxygen atoms in total. The molecule has 0 aliphatic heterocycles. The summed E-state index contributed by atoms with van der Waals surface area (Å²) in [6.07, 6.45) is -3.97. The molecule has 2 aromatic rings. The second-order valence-electron chi connectivity index (χ2n) is 6.52. The summed E-state index contributed by atoms with van der Waals surface area (Å²) in [5, 5.41) is 14.1. The van der Waals surface area contributed by atoms with Crippen molar-refractivity contribution in [2.45, 2.75) is 39.5 Å². The Hall–Kier alpha value is -2.69. The number of nitrogens with one attached hydrogen (secondary N) is 2. The average Bonchev–Trinajstić information content (AvgIpc) is 3.01. The zero-order valence-corrected chi connectivity index (χ0v) is 17.2. The van der Waals surface area contributed by atoms with Crippen LogP contribution in [-0.2, 0) is 31.1 Å². The van der Waals surface area contributed by atoms with Gasteiger partial charge >= 0.3 is 6.18 Å². The first-order chi connectivity index (χ1) is 14.2. The quantitative estimate of drug-likeness (QED) is 0.277. The highest BCUT2D eigenvalue weighted by molar-refractivity contribution is 5.79. The van der Waals surface area contributed by atoms with Crippen molar-refractivity contribution in [3.05, 3.63) is 46.8 Å². The highest BCUT2D eigenvalue weighted by atomic mass is 19.4. The van der Waals surface area contributed by atoms with E-state index >= 15 is 0 Å². The molecular weight excluding hydrogens is 404 g/mol. The van der Waals surface area contributed by atoms with Crippen LogP contribution in [0.1, 0.15) is 36.1 Å². The van der Waals surface area contributed by atoms with Gasteiger partial charge in [0.15, 0.2) is 11.8 Å². The van der Waals surface area contributed by atoms with Gasteiger partial charge in [0, 0.05) is 26.8 Å². The number of ether oxygens (including phenoxy) is 1. The number of rotatable bonds is 9. The highest BCUT2D eigenvalue weighted by Gasteiger charge is 2.33. The van der Waals surface area contributed by atoms with Gasteiger partial charge in [-0.05, 0) is 38.0 Å². The number of guanidine groups is 1. The predicted molar refractivity (Wildman–Crippen MR) is 104 cm³/mol. The Labute approximate surface area is 172 Å². The van der Waals surface area contributed by atoms with Gasteiger partial charge < -0.3 is 19.9 Å². The molecule has 0 fully saturated rings. The molecule has 2 N–H and O–H groups in total. The number of nitrogens with zero attached hydrogens (tertiary/aromatic N) is 4. The van der Waals surface area contributed by atoms with Gasteiger partial charge in [-0.15, -0.1) is 10.2 Å². The molecule has 1 aromatic carbocycles. The first-order valence-corrected chi connectivity index (χ1v) is 9.52. The van der Waals surface area contributed by atoms with Gasteiger partial charge in [-0.2, -0.15) is 13.2 Å². The summed E-state index contributed by atoms with van der Waals surface area (Å²) in [6, 6.07) is 2.57. The number of aliphatic imine (C=N–C) groups is 1. The van der Waals surface area contributed by atoms with E-state index in [9.17, 15) is 17.6 Å². The standard InChI is InChI=1S/C19H26F4N6O/c1-4-30-9-5-8-24-18(26-12-17-28-27-13(2)29(17)3)25-11-14-6-7-15(20)10-16(14)19(21,22)23/h6-7,10H,4-5,8-9,11-12H2,1-3H3,(H2,24,25,26). The first kappa shape index (κ1) is 23.6. The fraction of sp³-hybridized carbons (Fsp3) is 0.526. The number of alkyl halides is 3.